The van der Waals surface area contributed by atoms with Gasteiger partial charge in [-0.2, -0.15) is 5.48 Å². The molecule has 1 amide bonds. The van der Waals surface area contributed by atoms with Crippen LogP contribution in [0.15, 0.2) is 0 Å². The highest BCUT2D eigenvalue weighted by molar-refractivity contribution is 5.77. The third-order valence-corrected chi connectivity index (χ3v) is 0.636. The van der Waals surface area contributed by atoms with Crippen molar-refractivity contribution < 1.29 is 19.5 Å². The summed E-state index contributed by atoms with van der Waals surface area (Å²) in [7, 11) is 0. The number of nitrogens with one attached hydrogen (secondary N) is 1. The van der Waals surface area contributed by atoms with E-state index in [-0.39, 0.29) is 0 Å². The Balaban J connectivity index is 3.50. The molecule has 0 aromatic carbocycles. The third kappa shape index (κ3) is 3.85. The van der Waals surface area contributed by atoms with E-state index in [9.17, 15) is 9.59 Å². The first kappa shape index (κ1) is 8.90. The normalized spacial score (nSPS) is 11.9. The fraction of sp³-hybridized carbons (Fsp3) is 0.600. The summed E-state index contributed by atoms with van der Waals surface area (Å²) in [6.45, 7) is 2.43. The summed E-state index contributed by atoms with van der Waals surface area (Å²) in [6.07, 6.45) is -1.22. The third-order valence-electron chi connectivity index (χ3n) is 0.636. The first-order chi connectivity index (χ1) is 4.54. The van der Waals surface area contributed by atoms with Crippen molar-refractivity contribution in [1.82, 2.24) is 5.48 Å². The second kappa shape index (κ2) is 3.84. The van der Waals surface area contributed by atoms with Gasteiger partial charge in [0.25, 0.3) is 0 Å². The second-order valence-corrected chi connectivity index (χ2v) is 1.76. The molecule has 0 saturated carbocycles. The first-order valence-corrected chi connectivity index (χ1v) is 2.69. The maximum absolute atomic E-state index is 10.4. The van der Waals surface area contributed by atoms with Crippen LogP contribution >= 0.6 is 0 Å². The van der Waals surface area contributed by atoms with Crippen LogP contribution in [0.3, 0.4) is 0 Å². The highest BCUT2D eigenvalue weighted by Crippen LogP contribution is 1.82. The SMILES string of the molecule is CC(=O)NOC(=O)C(C)O. The Morgan fingerprint density at radius 3 is 2.40 bits per heavy atom. The number of carbonyl (C=O) groups excluding carboxylic acids is 2. The van der Waals surface area contributed by atoms with Crippen molar-refractivity contribution in [1.29, 1.82) is 0 Å². The zero-order valence-corrected chi connectivity index (χ0v) is 5.75. The number of hydroxylamine groups is 1. The van der Waals surface area contributed by atoms with Crippen molar-refractivity contribution in [3.05, 3.63) is 0 Å². The molecule has 1 atom stereocenters. The highest BCUT2D eigenvalue weighted by atomic mass is 16.7. The van der Waals surface area contributed by atoms with Crippen LogP contribution in [0, 0.1) is 0 Å². The molecule has 5 heteroatoms. The quantitative estimate of drug-likeness (QED) is 0.464. The van der Waals surface area contributed by atoms with Gasteiger partial charge >= 0.3 is 5.97 Å². The van der Waals surface area contributed by atoms with Crippen molar-refractivity contribution in [3.63, 3.8) is 0 Å². The number of hydrogen-bond donors (Lipinski definition) is 2. The second-order valence-electron chi connectivity index (χ2n) is 1.76. The van der Waals surface area contributed by atoms with Gasteiger partial charge in [-0.15, -0.1) is 0 Å². The fourth-order valence-electron chi connectivity index (χ4n) is 0.207. The van der Waals surface area contributed by atoms with E-state index >= 15 is 0 Å². The molecule has 0 aliphatic carbocycles. The lowest BCUT2D eigenvalue weighted by Crippen LogP contribution is -2.30. The molecule has 0 rings (SSSR count). The number of aliphatic hydroxyl groups is 1. The van der Waals surface area contributed by atoms with Crippen molar-refractivity contribution in [2.24, 2.45) is 0 Å². The van der Waals surface area contributed by atoms with E-state index in [0.717, 1.165) is 0 Å². The summed E-state index contributed by atoms with van der Waals surface area (Å²) in [6, 6.07) is 0. The monoisotopic (exact) mass is 147 g/mol. The maximum Gasteiger partial charge on any atom is 0.360 e. The summed E-state index contributed by atoms with van der Waals surface area (Å²) in [4.78, 5) is 24.5. The van der Waals surface area contributed by atoms with Crippen molar-refractivity contribution in [3.8, 4) is 0 Å². The minimum Gasteiger partial charge on any atom is -0.382 e. The smallest absolute Gasteiger partial charge is 0.360 e. The van der Waals surface area contributed by atoms with Gasteiger partial charge in [-0.05, 0) is 6.92 Å². The van der Waals surface area contributed by atoms with E-state index < -0.39 is 18.0 Å². The molecule has 58 valence electrons. The lowest BCUT2D eigenvalue weighted by molar-refractivity contribution is -0.164. The van der Waals surface area contributed by atoms with Crippen molar-refractivity contribution in [2.75, 3.05) is 0 Å². The Hall–Kier alpha value is -1.10. The Bertz CT molecular complexity index is 143. The molecule has 0 saturated heterocycles. The molecular formula is C5H9NO4. The molecule has 1 unspecified atom stereocenters. The number of carbonyl (C=O) groups is 2. The summed E-state index contributed by atoms with van der Waals surface area (Å²) < 4.78 is 0. The summed E-state index contributed by atoms with van der Waals surface area (Å²) in [5.74, 6) is -1.37. The van der Waals surface area contributed by atoms with Crippen LogP contribution in [0.4, 0.5) is 0 Å². The van der Waals surface area contributed by atoms with Crippen LogP contribution in [-0.4, -0.2) is 23.1 Å². The summed E-state index contributed by atoms with van der Waals surface area (Å²) in [5.41, 5.74) is 1.78. The van der Waals surface area contributed by atoms with Crippen LogP contribution < -0.4 is 5.48 Å². The lowest BCUT2D eigenvalue weighted by Gasteiger charge is -2.03. The van der Waals surface area contributed by atoms with Crippen LogP contribution in [0.5, 0.6) is 0 Å². The zero-order chi connectivity index (χ0) is 8.15. The van der Waals surface area contributed by atoms with E-state index in [0.29, 0.717) is 0 Å². The van der Waals surface area contributed by atoms with Crippen LogP contribution in [0.2, 0.25) is 0 Å². The van der Waals surface area contributed by atoms with Crippen LogP contribution in [-0.2, 0) is 14.4 Å². The van der Waals surface area contributed by atoms with Gasteiger partial charge in [0.1, 0.15) is 0 Å². The summed E-state index contributed by atoms with van der Waals surface area (Å²) >= 11 is 0. The number of hydrogen-bond acceptors (Lipinski definition) is 4. The summed E-state index contributed by atoms with van der Waals surface area (Å²) in [5, 5.41) is 8.51. The molecule has 0 aliphatic heterocycles. The molecule has 0 aromatic heterocycles. The van der Waals surface area contributed by atoms with Gasteiger partial charge in [-0.1, -0.05) is 0 Å². The van der Waals surface area contributed by atoms with Crippen LogP contribution in [0.25, 0.3) is 0 Å². The van der Waals surface area contributed by atoms with Gasteiger partial charge < -0.3 is 9.94 Å². The molecule has 10 heavy (non-hydrogen) atoms. The van der Waals surface area contributed by atoms with Crippen molar-refractivity contribution in [2.45, 2.75) is 20.0 Å². The average Bonchev–Trinajstić information content (AvgIpc) is 1.82. The Morgan fingerprint density at radius 1 is 1.60 bits per heavy atom. The number of aliphatic hydroxyl groups excluding tert-OH is 1. The van der Waals surface area contributed by atoms with Gasteiger partial charge in [0.15, 0.2) is 6.10 Å². The topological polar surface area (TPSA) is 75.6 Å². The predicted octanol–water partition coefficient (Wildman–Crippen LogP) is -1.04. The lowest BCUT2D eigenvalue weighted by atomic mass is 10.4. The Kier molecular flexibility index (Phi) is 3.42. The standard InChI is InChI=1S/C5H9NO4/c1-3(7)5(9)10-6-4(2)8/h3,7H,1-2H3,(H,6,8). The molecule has 0 radical (unpaired) electrons. The molecule has 0 aromatic rings. The molecule has 0 fully saturated rings. The molecular weight excluding hydrogens is 138 g/mol. The minimum absolute atomic E-state index is 0.492. The van der Waals surface area contributed by atoms with Gasteiger partial charge in [-0.3, -0.25) is 4.79 Å². The highest BCUT2D eigenvalue weighted by Gasteiger charge is 2.10. The zero-order valence-electron chi connectivity index (χ0n) is 5.75. The van der Waals surface area contributed by atoms with E-state index in [1.807, 2.05) is 0 Å². The Morgan fingerprint density at radius 2 is 2.10 bits per heavy atom. The molecule has 0 bridgehead atoms. The Labute approximate surface area is 57.9 Å². The largest absolute Gasteiger partial charge is 0.382 e. The maximum atomic E-state index is 10.4. The first-order valence-electron chi connectivity index (χ1n) is 2.69. The van der Waals surface area contributed by atoms with Gasteiger partial charge in [0, 0.05) is 6.92 Å². The molecule has 0 heterocycles. The molecule has 5 nitrogen and oxygen atoms in total. The molecule has 0 spiro atoms. The van der Waals surface area contributed by atoms with Crippen molar-refractivity contribution >= 4 is 11.9 Å². The van der Waals surface area contributed by atoms with E-state index in [1.54, 1.807) is 5.48 Å². The van der Waals surface area contributed by atoms with Gasteiger partial charge in [-0.25, -0.2) is 4.79 Å². The number of amides is 1. The average molecular weight is 147 g/mol. The molecule has 0 aliphatic rings. The molecule has 2 N–H and O–H groups in total. The predicted molar refractivity (Wildman–Crippen MR) is 31.6 cm³/mol. The van der Waals surface area contributed by atoms with E-state index in [4.69, 9.17) is 5.11 Å². The van der Waals surface area contributed by atoms with Crippen LogP contribution in [0.1, 0.15) is 13.8 Å². The van der Waals surface area contributed by atoms with Gasteiger partial charge in [0.2, 0.25) is 5.91 Å². The fourth-order valence-corrected chi connectivity index (χ4v) is 0.207. The van der Waals surface area contributed by atoms with E-state index in [1.165, 1.54) is 13.8 Å². The van der Waals surface area contributed by atoms with Gasteiger partial charge in [0.05, 0.1) is 0 Å². The number of rotatable bonds is 1. The minimum atomic E-state index is -1.22. The van der Waals surface area contributed by atoms with E-state index in [2.05, 4.69) is 4.84 Å².